The Kier molecular flexibility index (Phi) is 8.29. The molecule has 0 aliphatic heterocycles. The summed E-state index contributed by atoms with van der Waals surface area (Å²) >= 11 is 0. The molecule has 0 unspecified atom stereocenters. The summed E-state index contributed by atoms with van der Waals surface area (Å²) in [4.78, 5) is 10.4. The fourth-order valence-electron chi connectivity index (χ4n) is 7.71. The van der Waals surface area contributed by atoms with Gasteiger partial charge in [0.25, 0.3) is 0 Å². The number of rotatable bonds is 7. The summed E-state index contributed by atoms with van der Waals surface area (Å²) in [6, 6.07) is 30.6. The summed E-state index contributed by atoms with van der Waals surface area (Å²) in [7, 11) is 0. The molecular weight excluding hydrogens is 732 g/mol. The monoisotopic (exact) mass is 771 g/mol. The zero-order valence-electron chi connectivity index (χ0n) is 26.2. The maximum atomic E-state index is 5.19. The molecule has 2 fully saturated rings. The van der Waals surface area contributed by atoms with E-state index >= 15 is 0 Å². The van der Waals surface area contributed by atoms with Gasteiger partial charge in [0, 0.05) is 16.8 Å². The molecule has 0 radical (unpaired) electrons. The van der Waals surface area contributed by atoms with Crippen molar-refractivity contribution in [3.05, 3.63) is 120 Å². The van der Waals surface area contributed by atoms with E-state index in [1.807, 2.05) is 0 Å². The van der Waals surface area contributed by atoms with Crippen molar-refractivity contribution in [3.8, 4) is 11.6 Å². The number of hydrogen-bond acceptors (Lipinski definition) is 2. The average Bonchev–Trinajstić information content (AvgIpc) is 3.88. The fraction of sp³-hybridized carbons (Fsp3) is 0.350. The molecule has 5 heteroatoms. The number of pyridine rings is 2. The topological polar surface area (TPSA) is 35.6 Å². The van der Waals surface area contributed by atoms with Gasteiger partial charge in [-0.1, -0.05) is 122 Å². The second kappa shape index (κ2) is 12.4. The summed E-state index contributed by atoms with van der Waals surface area (Å²) in [6.07, 6.45) is 19.0. The largest absolute Gasteiger partial charge is 2.00 e. The SMILES string of the molecule is CC(C)(c1cccc(-n2[c-]cc3cc(CC4CCCC4)ccc32)n1)c1cccc(-n2[c-]cc3cc(C4CCCC4)ccc32)n1.[Pt+2]. The maximum absolute atomic E-state index is 5.19. The molecule has 2 aliphatic rings. The molecule has 0 spiro atoms. The maximum Gasteiger partial charge on any atom is 2.00 e. The van der Waals surface area contributed by atoms with Crippen molar-refractivity contribution in [2.24, 2.45) is 5.92 Å². The van der Waals surface area contributed by atoms with Gasteiger partial charge in [-0.05, 0) is 57.1 Å². The van der Waals surface area contributed by atoms with E-state index in [-0.39, 0.29) is 21.1 Å². The first-order valence-corrected chi connectivity index (χ1v) is 16.5. The Labute approximate surface area is 281 Å². The number of benzene rings is 2. The third kappa shape index (κ3) is 5.72. The minimum absolute atomic E-state index is 0. The van der Waals surface area contributed by atoms with Gasteiger partial charge in [-0.15, -0.1) is 35.0 Å². The summed E-state index contributed by atoms with van der Waals surface area (Å²) in [5.74, 6) is 3.31. The summed E-state index contributed by atoms with van der Waals surface area (Å²) < 4.78 is 4.19. The molecule has 4 nitrogen and oxygen atoms in total. The van der Waals surface area contributed by atoms with E-state index in [9.17, 15) is 0 Å². The van der Waals surface area contributed by atoms with Crippen LogP contribution in [-0.2, 0) is 32.9 Å². The van der Waals surface area contributed by atoms with Crippen LogP contribution in [0.5, 0.6) is 0 Å². The Bertz CT molecular complexity index is 1950. The predicted molar refractivity (Wildman–Crippen MR) is 179 cm³/mol. The van der Waals surface area contributed by atoms with E-state index in [1.165, 1.54) is 79.7 Å². The molecule has 0 N–H and O–H groups in total. The summed E-state index contributed by atoms with van der Waals surface area (Å²) in [5, 5.41) is 2.46. The van der Waals surface area contributed by atoms with E-state index in [4.69, 9.17) is 9.97 Å². The summed E-state index contributed by atoms with van der Waals surface area (Å²) in [6.45, 7) is 4.42. The third-order valence-corrected chi connectivity index (χ3v) is 10.4. The van der Waals surface area contributed by atoms with Crippen LogP contribution in [0.15, 0.2) is 84.9 Å². The standard InChI is InChI=1S/C40H40N4.Pt/c1-40(2,37-14-8-16-39(42-37)44-24-22-33-27-31(18-20-35(33)44)30-11-5-6-12-30)36-13-7-15-38(41-36)43-23-21-32-26-29(17-19-34(32)43)25-28-9-3-4-10-28;/h7-8,13-22,26-28,30H,3-6,9-12,25H2,1-2H3;/q-2;+2. The number of hydrogen-bond donors (Lipinski definition) is 0. The Balaban J connectivity index is 0.00000325. The normalized spacial score (nSPS) is 16.1. The Morgan fingerprint density at radius 2 is 1.24 bits per heavy atom. The molecule has 230 valence electrons. The predicted octanol–water partition coefficient (Wildman–Crippen LogP) is 9.68. The van der Waals surface area contributed by atoms with Crippen molar-refractivity contribution in [1.29, 1.82) is 0 Å². The van der Waals surface area contributed by atoms with Crippen molar-refractivity contribution in [2.75, 3.05) is 0 Å². The quantitative estimate of drug-likeness (QED) is 0.152. The smallest absolute Gasteiger partial charge is 0.429 e. The van der Waals surface area contributed by atoms with Crippen LogP contribution in [0.1, 0.15) is 93.6 Å². The Morgan fingerprint density at radius 3 is 1.87 bits per heavy atom. The van der Waals surface area contributed by atoms with E-state index in [2.05, 4.69) is 120 Å². The zero-order valence-corrected chi connectivity index (χ0v) is 28.5. The van der Waals surface area contributed by atoms with Crippen LogP contribution in [-0.4, -0.2) is 19.1 Å². The fourth-order valence-corrected chi connectivity index (χ4v) is 7.71. The molecular formula is C40H40N4Pt. The van der Waals surface area contributed by atoms with Crippen molar-refractivity contribution in [2.45, 2.75) is 83.0 Å². The molecule has 0 bridgehead atoms. The van der Waals surface area contributed by atoms with Crippen LogP contribution in [0.3, 0.4) is 0 Å². The molecule has 6 aromatic rings. The van der Waals surface area contributed by atoms with Gasteiger partial charge in [0.15, 0.2) is 0 Å². The van der Waals surface area contributed by atoms with E-state index in [1.54, 1.807) is 0 Å². The van der Waals surface area contributed by atoms with E-state index in [0.29, 0.717) is 5.92 Å². The minimum Gasteiger partial charge on any atom is -0.429 e. The van der Waals surface area contributed by atoms with Gasteiger partial charge in [-0.2, -0.15) is 0 Å². The van der Waals surface area contributed by atoms with Crippen molar-refractivity contribution >= 4 is 21.8 Å². The van der Waals surface area contributed by atoms with Crippen LogP contribution >= 0.6 is 0 Å². The molecule has 4 heterocycles. The first-order valence-electron chi connectivity index (χ1n) is 16.5. The molecule has 45 heavy (non-hydrogen) atoms. The number of fused-ring (bicyclic) bond motifs is 2. The Morgan fingerprint density at radius 1 is 0.689 bits per heavy atom. The summed E-state index contributed by atoms with van der Waals surface area (Å²) in [5.41, 5.74) is 6.76. The van der Waals surface area contributed by atoms with Gasteiger partial charge in [0.1, 0.15) is 0 Å². The molecule has 4 aromatic heterocycles. The Hall–Kier alpha value is -3.49. The van der Waals surface area contributed by atoms with Gasteiger partial charge in [0.2, 0.25) is 0 Å². The van der Waals surface area contributed by atoms with Gasteiger partial charge >= 0.3 is 21.1 Å². The van der Waals surface area contributed by atoms with Crippen LogP contribution in [0, 0.1) is 18.3 Å². The first-order chi connectivity index (χ1) is 21.5. The van der Waals surface area contributed by atoms with Crippen LogP contribution in [0.2, 0.25) is 0 Å². The van der Waals surface area contributed by atoms with Crippen LogP contribution < -0.4 is 0 Å². The minimum atomic E-state index is -0.401. The molecule has 0 atom stereocenters. The van der Waals surface area contributed by atoms with Gasteiger partial charge in [-0.3, -0.25) is 9.97 Å². The first kappa shape index (κ1) is 30.2. The van der Waals surface area contributed by atoms with Crippen molar-refractivity contribution in [1.82, 2.24) is 19.1 Å². The van der Waals surface area contributed by atoms with Crippen molar-refractivity contribution < 1.29 is 21.1 Å². The van der Waals surface area contributed by atoms with E-state index in [0.717, 1.165) is 40.0 Å². The van der Waals surface area contributed by atoms with Crippen molar-refractivity contribution in [3.63, 3.8) is 0 Å². The molecule has 2 aliphatic carbocycles. The second-order valence-corrected chi connectivity index (χ2v) is 13.7. The number of nitrogens with zero attached hydrogens (tertiary/aromatic N) is 4. The molecule has 0 saturated heterocycles. The van der Waals surface area contributed by atoms with Gasteiger partial charge in [-0.25, -0.2) is 0 Å². The third-order valence-electron chi connectivity index (χ3n) is 10.4. The molecule has 0 amide bonds. The van der Waals surface area contributed by atoms with E-state index < -0.39 is 5.41 Å². The van der Waals surface area contributed by atoms with Crippen LogP contribution in [0.4, 0.5) is 0 Å². The molecule has 2 aromatic carbocycles. The average molecular weight is 772 g/mol. The number of aromatic nitrogens is 4. The zero-order chi connectivity index (χ0) is 29.7. The van der Waals surface area contributed by atoms with Crippen LogP contribution in [0.25, 0.3) is 33.4 Å². The molecule has 2 saturated carbocycles. The second-order valence-electron chi connectivity index (χ2n) is 13.7. The van der Waals surface area contributed by atoms with Gasteiger partial charge in [0.05, 0.1) is 11.6 Å². The van der Waals surface area contributed by atoms with Gasteiger partial charge < -0.3 is 9.13 Å². The molecule has 8 rings (SSSR count).